The minimum Gasteiger partial charge on any atom is -0.469 e. The van der Waals surface area contributed by atoms with Crippen molar-refractivity contribution in [1.82, 2.24) is 9.80 Å². The molecule has 7 heteroatoms. The lowest BCUT2D eigenvalue weighted by molar-refractivity contribution is -0.146. The number of hydrogen-bond acceptors (Lipinski definition) is 6. The Bertz CT molecular complexity index is 1000. The summed E-state index contributed by atoms with van der Waals surface area (Å²) < 4.78 is 10.8. The fourth-order valence-corrected chi connectivity index (χ4v) is 3.76. The normalized spacial score (nSPS) is 15.7. The number of aryl methyl sites for hydroxylation is 1. The third-order valence-corrected chi connectivity index (χ3v) is 5.36. The van der Waals surface area contributed by atoms with Gasteiger partial charge in [0.15, 0.2) is 5.75 Å². The number of benzene rings is 2. The molecule has 0 atom stereocenters. The smallest absolute Gasteiger partial charge is 0.315 e. The minimum absolute atomic E-state index is 0.198. The van der Waals surface area contributed by atoms with Gasteiger partial charge in [-0.1, -0.05) is 18.2 Å². The maximum Gasteiger partial charge on any atom is 0.315 e. The van der Waals surface area contributed by atoms with Crippen LogP contribution in [0.2, 0.25) is 0 Å². The van der Waals surface area contributed by atoms with Crippen LogP contribution in [-0.4, -0.2) is 60.8 Å². The van der Waals surface area contributed by atoms with Crippen LogP contribution in [-0.2, 0) is 14.3 Å². The first-order valence-electron chi connectivity index (χ1n) is 10.1. The molecule has 0 saturated carbocycles. The number of hydrogen-bond donors (Lipinski definition) is 0. The Kier molecular flexibility index (Phi) is 5.70. The second kappa shape index (κ2) is 8.57. The lowest BCUT2D eigenvalue weighted by Crippen LogP contribution is -2.38. The van der Waals surface area contributed by atoms with Crippen molar-refractivity contribution in [2.24, 2.45) is 4.99 Å². The van der Waals surface area contributed by atoms with Crippen molar-refractivity contribution in [2.75, 3.05) is 33.3 Å². The standard InChI is InChI=1S/C23H25N3O4/c1-16-8-9-18-20(14-16)30-19-7-4-3-6-17(19)23(24-18)26-11-5-10-25(12-13-26)21(27)15-22(28)29-2/h3-4,6-9,14H,5,10-13,15H2,1-2H3. The summed E-state index contributed by atoms with van der Waals surface area (Å²) in [6, 6.07) is 13.9. The molecule has 0 spiro atoms. The highest BCUT2D eigenvalue weighted by Gasteiger charge is 2.26. The molecular weight excluding hydrogens is 382 g/mol. The van der Waals surface area contributed by atoms with E-state index in [1.807, 2.05) is 49.4 Å². The van der Waals surface area contributed by atoms with E-state index >= 15 is 0 Å². The van der Waals surface area contributed by atoms with Gasteiger partial charge in [0.25, 0.3) is 0 Å². The van der Waals surface area contributed by atoms with E-state index in [4.69, 9.17) is 9.73 Å². The maximum absolute atomic E-state index is 12.4. The van der Waals surface area contributed by atoms with Gasteiger partial charge in [-0.15, -0.1) is 0 Å². The van der Waals surface area contributed by atoms with E-state index in [9.17, 15) is 9.59 Å². The van der Waals surface area contributed by atoms with Crippen molar-refractivity contribution < 1.29 is 19.1 Å². The molecule has 0 aliphatic carbocycles. The molecule has 0 bridgehead atoms. The van der Waals surface area contributed by atoms with Gasteiger partial charge < -0.3 is 19.3 Å². The van der Waals surface area contributed by atoms with Gasteiger partial charge >= 0.3 is 5.97 Å². The van der Waals surface area contributed by atoms with Gasteiger partial charge in [-0.2, -0.15) is 0 Å². The van der Waals surface area contributed by atoms with E-state index in [1.54, 1.807) is 4.90 Å². The zero-order valence-electron chi connectivity index (χ0n) is 17.3. The molecule has 4 rings (SSSR count). The van der Waals surface area contributed by atoms with Crippen LogP contribution in [0.3, 0.4) is 0 Å². The highest BCUT2D eigenvalue weighted by atomic mass is 16.5. The van der Waals surface area contributed by atoms with Crippen molar-refractivity contribution in [3.8, 4) is 11.5 Å². The average molecular weight is 407 g/mol. The van der Waals surface area contributed by atoms with Crippen LogP contribution >= 0.6 is 0 Å². The van der Waals surface area contributed by atoms with E-state index in [0.717, 1.165) is 47.1 Å². The molecule has 0 radical (unpaired) electrons. The van der Waals surface area contributed by atoms with Gasteiger partial charge in [-0.3, -0.25) is 9.59 Å². The molecule has 2 aromatic rings. The third kappa shape index (κ3) is 4.15. The summed E-state index contributed by atoms with van der Waals surface area (Å²) in [6.07, 6.45) is 0.566. The SMILES string of the molecule is COC(=O)CC(=O)N1CCCN(C2=Nc3ccc(C)cc3Oc3ccccc32)CC1. The van der Waals surface area contributed by atoms with Gasteiger partial charge in [-0.05, 0) is 43.2 Å². The Hall–Kier alpha value is -3.35. The minimum atomic E-state index is -0.507. The van der Waals surface area contributed by atoms with Gasteiger partial charge in [0, 0.05) is 26.2 Å². The second-order valence-corrected chi connectivity index (χ2v) is 7.48. The number of carbonyl (C=O) groups is 2. The number of rotatable bonds is 2. The van der Waals surface area contributed by atoms with Gasteiger partial charge in [0.1, 0.15) is 23.7 Å². The van der Waals surface area contributed by atoms with E-state index in [0.29, 0.717) is 19.6 Å². The van der Waals surface area contributed by atoms with Gasteiger partial charge in [0.05, 0.1) is 12.7 Å². The van der Waals surface area contributed by atoms with E-state index in [1.165, 1.54) is 7.11 Å². The number of carbonyl (C=O) groups excluding carboxylic acids is 2. The van der Waals surface area contributed by atoms with Crippen molar-refractivity contribution in [2.45, 2.75) is 19.8 Å². The largest absolute Gasteiger partial charge is 0.469 e. The Morgan fingerprint density at radius 2 is 1.90 bits per heavy atom. The first-order chi connectivity index (χ1) is 14.5. The summed E-state index contributed by atoms with van der Waals surface area (Å²) in [6.45, 7) is 4.55. The van der Waals surface area contributed by atoms with E-state index in [2.05, 4.69) is 9.64 Å². The quantitative estimate of drug-likeness (QED) is 0.564. The highest BCUT2D eigenvalue weighted by Crippen LogP contribution is 2.38. The number of fused-ring (bicyclic) bond motifs is 2. The third-order valence-electron chi connectivity index (χ3n) is 5.36. The van der Waals surface area contributed by atoms with E-state index in [-0.39, 0.29) is 12.3 Å². The van der Waals surface area contributed by atoms with E-state index < -0.39 is 5.97 Å². The number of amides is 1. The molecule has 30 heavy (non-hydrogen) atoms. The number of amidine groups is 1. The predicted octanol–water partition coefficient (Wildman–Crippen LogP) is 3.28. The van der Waals surface area contributed by atoms with Crippen LogP contribution in [0.4, 0.5) is 5.69 Å². The number of methoxy groups -OCH3 is 1. The molecule has 156 valence electrons. The number of nitrogens with zero attached hydrogens (tertiary/aromatic N) is 3. The second-order valence-electron chi connectivity index (χ2n) is 7.48. The molecule has 1 amide bonds. The summed E-state index contributed by atoms with van der Waals surface area (Å²) in [5.74, 6) is 1.64. The monoisotopic (exact) mass is 407 g/mol. The molecule has 0 aromatic heterocycles. The number of para-hydroxylation sites is 1. The fourth-order valence-electron chi connectivity index (χ4n) is 3.76. The fraction of sp³-hybridized carbons (Fsp3) is 0.348. The molecule has 2 aromatic carbocycles. The predicted molar refractivity (Wildman–Crippen MR) is 113 cm³/mol. The van der Waals surface area contributed by atoms with Crippen LogP contribution in [0.1, 0.15) is 24.0 Å². The van der Waals surface area contributed by atoms with Crippen LogP contribution in [0, 0.1) is 6.92 Å². The zero-order valence-corrected chi connectivity index (χ0v) is 17.3. The van der Waals surface area contributed by atoms with Crippen LogP contribution < -0.4 is 4.74 Å². The summed E-state index contributed by atoms with van der Waals surface area (Å²) in [5.41, 5.74) is 2.83. The van der Waals surface area contributed by atoms with Crippen LogP contribution in [0.25, 0.3) is 0 Å². The Balaban J connectivity index is 1.61. The lowest BCUT2D eigenvalue weighted by atomic mass is 10.1. The Labute approximate surface area is 175 Å². The van der Waals surface area contributed by atoms with Crippen molar-refractivity contribution in [3.63, 3.8) is 0 Å². The Morgan fingerprint density at radius 3 is 2.73 bits per heavy atom. The summed E-state index contributed by atoms with van der Waals surface area (Å²) >= 11 is 0. The van der Waals surface area contributed by atoms with Crippen molar-refractivity contribution in [1.29, 1.82) is 0 Å². The molecule has 2 aliphatic rings. The molecule has 2 heterocycles. The summed E-state index contributed by atoms with van der Waals surface area (Å²) in [5, 5.41) is 0. The molecular formula is C23H25N3O4. The number of esters is 1. The molecule has 1 saturated heterocycles. The van der Waals surface area contributed by atoms with Crippen molar-refractivity contribution in [3.05, 3.63) is 53.6 Å². The zero-order chi connectivity index (χ0) is 21.1. The summed E-state index contributed by atoms with van der Waals surface area (Å²) in [7, 11) is 1.29. The average Bonchev–Trinajstić information content (AvgIpc) is 3.08. The summed E-state index contributed by atoms with van der Waals surface area (Å²) in [4.78, 5) is 32.8. The molecule has 1 fully saturated rings. The van der Waals surface area contributed by atoms with Crippen LogP contribution in [0.5, 0.6) is 11.5 Å². The number of aliphatic imine (C=N–C) groups is 1. The molecule has 0 unspecified atom stereocenters. The molecule has 0 N–H and O–H groups in total. The highest BCUT2D eigenvalue weighted by molar-refractivity contribution is 6.03. The van der Waals surface area contributed by atoms with Crippen LogP contribution in [0.15, 0.2) is 47.5 Å². The lowest BCUT2D eigenvalue weighted by Gasteiger charge is -2.25. The van der Waals surface area contributed by atoms with Gasteiger partial charge in [-0.25, -0.2) is 4.99 Å². The number of ether oxygens (including phenoxy) is 2. The topological polar surface area (TPSA) is 71.4 Å². The van der Waals surface area contributed by atoms with Crippen molar-refractivity contribution >= 4 is 23.4 Å². The molecule has 7 nitrogen and oxygen atoms in total. The Morgan fingerprint density at radius 1 is 1.07 bits per heavy atom. The maximum atomic E-state index is 12.4. The first kappa shape index (κ1) is 19.9. The first-order valence-corrected chi connectivity index (χ1v) is 10.1. The molecule has 2 aliphatic heterocycles. The van der Waals surface area contributed by atoms with Gasteiger partial charge in [0.2, 0.25) is 5.91 Å².